The first kappa shape index (κ1) is 35.3. The Bertz CT molecular complexity index is 1310. The highest BCUT2D eigenvalue weighted by Crippen LogP contribution is 2.35. The van der Waals surface area contributed by atoms with E-state index in [1.165, 1.54) is 24.6 Å². The molecule has 7 nitrogen and oxygen atoms in total. The predicted octanol–water partition coefficient (Wildman–Crippen LogP) is 6.59. The number of carbonyl (C=O) groups excluding carboxylic acids is 2. The molecule has 2 aromatic rings. The lowest BCUT2D eigenvalue weighted by molar-refractivity contribution is -0.153. The van der Waals surface area contributed by atoms with E-state index >= 15 is 0 Å². The Morgan fingerprint density at radius 2 is 1.64 bits per heavy atom. The van der Waals surface area contributed by atoms with Crippen LogP contribution in [0, 0.1) is 0 Å². The fourth-order valence-electron chi connectivity index (χ4n) is 6.54. The second kappa shape index (κ2) is 15.4. The third kappa shape index (κ3) is 9.27. The molecule has 0 aliphatic carbocycles. The summed E-state index contributed by atoms with van der Waals surface area (Å²) in [4.78, 5) is 35.0. The van der Waals surface area contributed by atoms with E-state index < -0.39 is 18.3 Å². The molecule has 2 amide bonds. The van der Waals surface area contributed by atoms with Gasteiger partial charge in [-0.25, -0.2) is 0 Å². The molecule has 2 aromatic carbocycles. The summed E-state index contributed by atoms with van der Waals surface area (Å²) in [5.74, 6) is -0.253. The van der Waals surface area contributed by atoms with Gasteiger partial charge in [-0.2, -0.15) is 13.2 Å². The van der Waals surface area contributed by atoms with Crippen LogP contribution >= 0.6 is 23.2 Å². The third-order valence-corrected chi connectivity index (χ3v) is 9.72. The van der Waals surface area contributed by atoms with Gasteiger partial charge < -0.3 is 19.4 Å². The highest BCUT2D eigenvalue weighted by Gasteiger charge is 2.47. The predicted molar refractivity (Wildman–Crippen MR) is 171 cm³/mol. The molecule has 2 aliphatic heterocycles. The zero-order chi connectivity index (χ0) is 32.8. The van der Waals surface area contributed by atoms with E-state index in [1.54, 1.807) is 29.0 Å². The van der Waals surface area contributed by atoms with Crippen molar-refractivity contribution in [1.29, 1.82) is 0 Å². The number of hydrogen-bond acceptors (Lipinski definition) is 5. The molecule has 12 heteroatoms. The minimum absolute atomic E-state index is 0.0221. The summed E-state index contributed by atoms with van der Waals surface area (Å²) in [6.45, 7) is 3.19. The van der Waals surface area contributed by atoms with Crippen molar-refractivity contribution in [3.8, 4) is 5.75 Å². The van der Waals surface area contributed by atoms with Gasteiger partial charge in [0.05, 0.1) is 10.0 Å². The summed E-state index contributed by atoms with van der Waals surface area (Å²) in [7, 11) is 5.36. The number of alkyl halides is 3. The van der Waals surface area contributed by atoms with Gasteiger partial charge >= 0.3 is 6.18 Å². The van der Waals surface area contributed by atoms with Crippen LogP contribution in [0.3, 0.4) is 0 Å². The van der Waals surface area contributed by atoms with E-state index in [1.807, 2.05) is 26.2 Å². The zero-order valence-electron chi connectivity index (χ0n) is 26.2. The molecule has 45 heavy (non-hydrogen) atoms. The van der Waals surface area contributed by atoms with Gasteiger partial charge in [-0.1, -0.05) is 41.8 Å². The van der Waals surface area contributed by atoms with Crippen LogP contribution in [-0.2, 0) is 4.79 Å². The molecule has 0 saturated carbocycles. The quantitative estimate of drug-likeness (QED) is 0.270. The van der Waals surface area contributed by atoms with E-state index in [9.17, 15) is 22.8 Å². The van der Waals surface area contributed by atoms with Gasteiger partial charge in [-0.15, -0.1) is 0 Å². The Hall–Kier alpha value is -2.53. The Balaban J connectivity index is 1.44. The van der Waals surface area contributed by atoms with Crippen molar-refractivity contribution < 1.29 is 27.5 Å². The Kier molecular flexibility index (Phi) is 12.1. The van der Waals surface area contributed by atoms with Gasteiger partial charge in [0, 0.05) is 52.3 Å². The minimum Gasteiger partial charge on any atom is -0.484 e. The monoisotopic (exact) mass is 670 g/mol. The average Bonchev–Trinajstić information content (AvgIpc) is 3.03. The number of amides is 2. The van der Waals surface area contributed by atoms with Crippen molar-refractivity contribution in [2.45, 2.75) is 56.2 Å². The van der Waals surface area contributed by atoms with Crippen LogP contribution in [0.4, 0.5) is 13.2 Å². The molecule has 2 heterocycles. The van der Waals surface area contributed by atoms with Crippen LogP contribution in [0.5, 0.6) is 5.75 Å². The van der Waals surface area contributed by atoms with Gasteiger partial charge in [0.1, 0.15) is 11.3 Å². The van der Waals surface area contributed by atoms with Gasteiger partial charge in [-0.05, 0) is 87.6 Å². The van der Waals surface area contributed by atoms with Crippen LogP contribution in [0.25, 0.3) is 0 Å². The second-order valence-corrected chi connectivity index (χ2v) is 13.2. The van der Waals surface area contributed by atoms with Gasteiger partial charge in [-0.3, -0.25) is 14.5 Å². The number of likely N-dealkylation sites (N-methyl/N-ethyl adjacent to an activating group) is 2. The topological polar surface area (TPSA) is 56.3 Å². The van der Waals surface area contributed by atoms with E-state index in [2.05, 4.69) is 9.80 Å². The van der Waals surface area contributed by atoms with Crippen molar-refractivity contribution in [1.82, 2.24) is 19.6 Å². The van der Waals surface area contributed by atoms with Crippen LogP contribution < -0.4 is 4.74 Å². The van der Waals surface area contributed by atoms with Crippen molar-refractivity contribution in [2.75, 3.05) is 67.0 Å². The molecule has 248 valence electrons. The molecule has 1 atom stereocenters. The number of nitrogens with zero attached hydrogens (tertiary/aromatic N) is 4. The molecule has 2 fully saturated rings. The van der Waals surface area contributed by atoms with Crippen molar-refractivity contribution in [3.05, 3.63) is 63.6 Å². The summed E-state index contributed by atoms with van der Waals surface area (Å²) < 4.78 is 42.8. The maximum absolute atomic E-state index is 13.5. The molecule has 0 aromatic heterocycles. The summed E-state index contributed by atoms with van der Waals surface area (Å²) in [5, 5.41) is 0.865. The summed E-state index contributed by atoms with van der Waals surface area (Å²) in [6.07, 6.45) is 1.24. The van der Waals surface area contributed by atoms with Gasteiger partial charge in [0.15, 0.2) is 6.61 Å². The highest BCUT2D eigenvalue weighted by molar-refractivity contribution is 6.42. The van der Waals surface area contributed by atoms with Crippen molar-refractivity contribution >= 4 is 35.0 Å². The van der Waals surface area contributed by atoms with E-state index in [-0.39, 0.29) is 29.0 Å². The zero-order valence-corrected chi connectivity index (χ0v) is 27.7. The third-order valence-electron chi connectivity index (χ3n) is 8.98. The minimum atomic E-state index is -4.48. The lowest BCUT2D eigenvalue weighted by Crippen LogP contribution is -2.64. The largest absolute Gasteiger partial charge is 0.484 e. The van der Waals surface area contributed by atoms with Crippen LogP contribution in [-0.4, -0.2) is 110 Å². The SMILES string of the molecule is CN(C)C(=O)C1(N2CCCCC2)CCN(CCC(CN(C)C(=O)c2cccc(OCC(F)(F)F)c2)c2ccc(Cl)c(Cl)c2)CC1. The molecule has 1 unspecified atom stereocenters. The molecular weight excluding hydrogens is 628 g/mol. The van der Waals surface area contributed by atoms with Crippen LogP contribution in [0.1, 0.15) is 60.4 Å². The summed E-state index contributed by atoms with van der Waals surface area (Å²) >= 11 is 12.6. The number of piperidine rings is 2. The molecule has 0 bridgehead atoms. The van der Waals surface area contributed by atoms with E-state index in [4.69, 9.17) is 27.9 Å². The number of carbonyl (C=O) groups is 2. The standard InChI is InChI=1S/C33H43Cl2F3N4O3/c1-39(2)31(44)32(42-15-5-4-6-16-42)13-18-41(19-14-32)17-12-26(24-10-11-28(34)29(35)21-24)22-40(3)30(43)25-8-7-9-27(20-25)45-23-33(36,37)38/h7-11,20-21,26H,4-6,12-19,22-23H2,1-3H3. The maximum atomic E-state index is 13.5. The van der Waals surface area contributed by atoms with Crippen molar-refractivity contribution in [3.63, 3.8) is 0 Å². The Morgan fingerprint density at radius 3 is 2.27 bits per heavy atom. The second-order valence-electron chi connectivity index (χ2n) is 12.4. The number of hydrogen-bond donors (Lipinski definition) is 0. The van der Waals surface area contributed by atoms with Gasteiger partial charge in [0.2, 0.25) is 5.91 Å². The number of ether oxygens (including phenoxy) is 1. The first-order valence-electron chi connectivity index (χ1n) is 15.5. The normalized spacial score (nSPS) is 18.3. The van der Waals surface area contributed by atoms with Crippen molar-refractivity contribution in [2.24, 2.45) is 0 Å². The molecule has 2 aliphatic rings. The van der Waals surface area contributed by atoms with Gasteiger partial charge in [0.25, 0.3) is 5.91 Å². The van der Waals surface area contributed by atoms with E-state index in [0.717, 1.165) is 70.4 Å². The number of rotatable bonds is 11. The summed E-state index contributed by atoms with van der Waals surface area (Å²) in [5.41, 5.74) is 0.712. The number of likely N-dealkylation sites (tertiary alicyclic amines) is 2. The lowest BCUT2D eigenvalue weighted by atomic mass is 9.82. The first-order chi connectivity index (χ1) is 21.3. The fraction of sp³-hybridized carbons (Fsp3) is 0.576. The lowest BCUT2D eigenvalue weighted by Gasteiger charge is -2.50. The highest BCUT2D eigenvalue weighted by atomic mass is 35.5. The smallest absolute Gasteiger partial charge is 0.422 e. The molecule has 0 spiro atoms. The molecule has 2 saturated heterocycles. The Labute approximate surface area is 274 Å². The van der Waals surface area contributed by atoms with Crippen LogP contribution in [0.2, 0.25) is 10.0 Å². The first-order valence-corrected chi connectivity index (χ1v) is 16.2. The molecule has 4 rings (SSSR count). The Morgan fingerprint density at radius 1 is 0.956 bits per heavy atom. The molecule has 0 N–H and O–H groups in total. The maximum Gasteiger partial charge on any atom is 0.422 e. The molecule has 0 radical (unpaired) electrons. The summed E-state index contributed by atoms with van der Waals surface area (Å²) in [6, 6.07) is 11.3. The fourth-order valence-corrected chi connectivity index (χ4v) is 6.84. The molecular formula is C33H43Cl2F3N4O3. The number of benzene rings is 2. The van der Waals surface area contributed by atoms with E-state index in [0.29, 0.717) is 16.6 Å². The average molecular weight is 672 g/mol. The number of halogens is 5. The van der Waals surface area contributed by atoms with Crippen LogP contribution in [0.15, 0.2) is 42.5 Å².